The highest BCUT2D eigenvalue weighted by Crippen LogP contribution is 2.28. The second-order valence-electron chi connectivity index (χ2n) is 4.84. The first-order chi connectivity index (χ1) is 9.62. The van der Waals surface area contributed by atoms with Crippen molar-refractivity contribution in [3.63, 3.8) is 0 Å². The van der Waals surface area contributed by atoms with E-state index < -0.39 is 10.0 Å². The Bertz CT molecular complexity index is 762. The molecular formula is C14H17N3O2S. The molecule has 2 aromatic heterocycles. The van der Waals surface area contributed by atoms with Crippen LogP contribution < -0.4 is 0 Å². The molecular weight excluding hydrogens is 274 g/mol. The topological polar surface area (TPSA) is 66.1 Å². The van der Waals surface area contributed by atoms with Gasteiger partial charge in [0.25, 0.3) is 0 Å². The van der Waals surface area contributed by atoms with Gasteiger partial charge >= 0.3 is 0 Å². The summed E-state index contributed by atoms with van der Waals surface area (Å²) in [7, 11) is -3.09. The number of sulfonamides is 1. The summed E-state index contributed by atoms with van der Waals surface area (Å²) in [5.41, 5.74) is 3.20. The molecule has 3 heterocycles. The van der Waals surface area contributed by atoms with Crippen LogP contribution in [0.4, 0.5) is 0 Å². The third-order valence-electron chi connectivity index (χ3n) is 3.74. The van der Waals surface area contributed by atoms with Crippen molar-refractivity contribution in [3.8, 4) is 0 Å². The first kappa shape index (κ1) is 13.3. The maximum Gasteiger partial charge on any atom is 0.214 e. The van der Waals surface area contributed by atoms with Crippen molar-refractivity contribution in [2.24, 2.45) is 0 Å². The van der Waals surface area contributed by atoms with Gasteiger partial charge in [0.1, 0.15) is 5.65 Å². The number of rotatable bonds is 3. The molecule has 0 saturated heterocycles. The van der Waals surface area contributed by atoms with E-state index in [0.29, 0.717) is 13.1 Å². The summed E-state index contributed by atoms with van der Waals surface area (Å²) >= 11 is 0. The predicted molar refractivity (Wildman–Crippen MR) is 79.7 cm³/mol. The highest BCUT2D eigenvalue weighted by Gasteiger charge is 2.23. The molecule has 0 bridgehead atoms. The zero-order chi connectivity index (χ0) is 14.2. The Morgan fingerprint density at radius 1 is 1.40 bits per heavy atom. The van der Waals surface area contributed by atoms with Gasteiger partial charge in [0, 0.05) is 30.9 Å². The monoisotopic (exact) mass is 291 g/mol. The summed E-state index contributed by atoms with van der Waals surface area (Å²) in [6.07, 6.45) is 6.41. The van der Waals surface area contributed by atoms with Crippen molar-refractivity contribution in [1.82, 2.24) is 14.3 Å². The van der Waals surface area contributed by atoms with Gasteiger partial charge in [-0.1, -0.05) is 6.08 Å². The molecule has 20 heavy (non-hydrogen) atoms. The van der Waals surface area contributed by atoms with Gasteiger partial charge < -0.3 is 4.98 Å². The third-order valence-corrected chi connectivity index (χ3v) is 5.58. The van der Waals surface area contributed by atoms with Crippen LogP contribution in [0.1, 0.15) is 18.9 Å². The normalized spacial score (nSPS) is 17.4. The summed E-state index contributed by atoms with van der Waals surface area (Å²) in [5.74, 6) is 0.160. The second kappa shape index (κ2) is 5.03. The van der Waals surface area contributed by atoms with E-state index >= 15 is 0 Å². The molecule has 1 N–H and O–H groups in total. The van der Waals surface area contributed by atoms with E-state index in [-0.39, 0.29) is 5.75 Å². The van der Waals surface area contributed by atoms with Crippen LogP contribution in [0.2, 0.25) is 0 Å². The molecule has 0 unspecified atom stereocenters. The summed E-state index contributed by atoms with van der Waals surface area (Å²) in [6, 6.07) is 4.00. The molecule has 3 rings (SSSR count). The van der Waals surface area contributed by atoms with Crippen LogP contribution in [0.25, 0.3) is 16.6 Å². The van der Waals surface area contributed by atoms with Crippen LogP contribution in [-0.4, -0.2) is 41.5 Å². The number of H-pyrrole nitrogens is 1. The Morgan fingerprint density at radius 3 is 2.95 bits per heavy atom. The van der Waals surface area contributed by atoms with Gasteiger partial charge in [0.05, 0.1) is 5.75 Å². The Balaban J connectivity index is 1.92. The Kier molecular flexibility index (Phi) is 3.35. The number of pyridine rings is 1. The van der Waals surface area contributed by atoms with Crippen LogP contribution in [0.15, 0.2) is 30.6 Å². The van der Waals surface area contributed by atoms with Gasteiger partial charge in [-0.25, -0.2) is 13.4 Å². The standard InChI is InChI=1S/C14H17N3O2S/c1-2-20(18,19)17-9-5-11(6-10-17)12-3-7-15-14-13(12)4-8-16-14/h3-5,7-8H,2,6,9-10H2,1H3,(H,15,16). The van der Waals surface area contributed by atoms with Crippen LogP contribution in [-0.2, 0) is 10.0 Å². The van der Waals surface area contributed by atoms with Gasteiger partial charge in [-0.05, 0) is 36.6 Å². The van der Waals surface area contributed by atoms with Gasteiger partial charge in [0.2, 0.25) is 10.0 Å². The van der Waals surface area contributed by atoms with Gasteiger partial charge in [0.15, 0.2) is 0 Å². The van der Waals surface area contributed by atoms with E-state index in [4.69, 9.17) is 0 Å². The van der Waals surface area contributed by atoms with E-state index in [1.165, 1.54) is 5.57 Å². The van der Waals surface area contributed by atoms with E-state index in [2.05, 4.69) is 9.97 Å². The number of hydrogen-bond donors (Lipinski definition) is 1. The smallest absolute Gasteiger partial charge is 0.214 e. The van der Waals surface area contributed by atoms with Gasteiger partial charge in [-0.15, -0.1) is 0 Å². The van der Waals surface area contributed by atoms with Crippen molar-refractivity contribution in [2.75, 3.05) is 18.8 Å². The summed E-state index contributed by atoms with van der Waals surface area (Å²) in [6.45, 7) is 2.69. The van der Waals surface area contributed by atoms with Crippen molar-refractivity contribution in [1.29, 1.82) is 0 Å². The van der Waals surface area contributed by atoms with Crippen molar-refractivity contribution < 1.29 is 8.42 Å². The molecule has 0 saturated carbocycles. The minimum Gasteiger partial charge on any atom is -0.346 e. The molecule has 0 fully saturated rings. The molecule has 0 radical (unpaired) electrons. The zero-order valence-corrected chi connectivity index (χ0v) is 12.2. The van der Waals surface area contributed by atoms with E-state index in [9.17, 15) is 8.42 Å². The minimum absolute atomic E-state index is 0.160. The Hall–Kier alpha value is -1.66. The molecule has 0 atom stereocenters. The maximum atomic E-state index is 11.9. The SMILES string of the molecule is CCS(=O)(=O)N1CC=C(c2ccnc3[nH]ccc23)CC1. The fourth-order valence-corrected chi connectivity index (χ4v) is 3.61. The lowest BCUT2D eigenvalue weighted by Crippen LogP contribution is -2.35. The fraction of sp³-hybridized carbons (Fsp3) is 0.357. The molecule has 5 nitrogen and oxygen atoms in total. The number of hydrogen-bond acceptors (Lipinski definition) is 3. The average Bonchev–Trinajstić information content (AvgIpc) is 2.95. The molecule has 0 aliphatic carbocycles. The lowest BCUT2D eigenvalue weighted by molar-refractivity contribution is 0.442. The predicted octanol–water partition coefficient (Wildman–Crippen LogP) is 2.00. The van der Waals surface area contributed by atoms with E-state index in [0.717, 1.165) is 23.0 Å². The summed E-state index contributed by atoms with van der Waals surface area (Å²) < 4.78 is 25.2. The van der Waals surface area contributed by atoms with Crippen molar-refractivity contribution >= 4 is 26.6 Å². The van der Waals surface area contributed by atoms with E-state index in [1.807, 2.05) is 24.4 Å². The molecule has 1 aliphatic heterocycles. The lowest BCUT2D eigenvalue weighted by atomic mass is 9.99. The highest BCUT2D eigenvalue weighted by molar-refractivity contribution is 7.89. The van der Waals surface area contributed by atoms with Crippen molar-refractivity contribution in [3.05, 3.63) is 36.2 Å². The van der Waals surface area contributed by atoms with Crippen LogP contribution in [0.5, 0.6) is 0 Å². The number of fused-ring (bicyclic) bond motifs is 1. The molecule has 0 aromatic carbocycles. The first-order valence-corrected chi connectivity index (χ1v) is 8.32. The Morgan fingerprint density at radius 2 is 2.25 bits per heavy atom. The zero-order valence-electron chi connectivity index (χ0n) is 11.3. The fourth-order valence-electron chi connectivity index (χ4n) is 2.57. The molecule has 6 heteroatoms. The lowest BCUT2D eigenvalue weighted by Gasteiger charge is -2.25. The molecule has 0 spiro atoms. The number of nitrogens with one attached hydrogen (secondary N) is 1. The first-order valence-electron chi connectivity index (χ1n) is 6.71. The average molecular weight is 291 g/mol. The Labute approximate surface area is 118 Å². The highest BCUT2D eigenvalue weighted by atomic mass is 32.2. The van der Waals surface area contributed by atoms with Gasteiger partial charge in [-0.2, -0.15) is 4.31 Å². The van der Waals surface area contributed by atoms with Gasteiger partial charge in [-0.3, -0.25) is 0 Å². The largest absolute Gasteiger partial charge is 0.346 e. The minimum atomic E-state index is -3.09. The number of nitrogens with zero attached hydrogens (tertiary/aromatic N) is 2. The molecule has 106 valence electrons. The second-order valence-corrected chi connectivity index (χ2v) is 7.09. The summed E-state index contributed by atoms with van der Waals surface area (Å²) in [5, 5.41) is 1.09. The third kappa shape index (κ3) is 2.25. The van der Waals surface area contributed by atoms with Crippen molar-refractivity contribution in [2.45, 2.75) is 13.3 Å². The summed E-state index contributed by atoms with van der Waals surface area (Å²) in [4.78, 5) is 7.37. The molecule has 1 aliphatic rings. The quantitative estimate of drug-likeness (QED) is 0.940. The van der Waals surface area contributed by atoms with Crippen LogP contribution >= 0.6 is 0 Å². The molecule has 2 aromatic rings. The number of aromatic amines is 1. The number of aromatic nitrogens is 2. The maximum absolute atomic E-state index is 11.9. The van der Waals surface area contributed by atoms with Crippen LogP contribution in [0, 0.1) is 0 Å². The van der Waals surface area contributed by atoms with E-state index in [1.54, 1.807) is 17.4 Å². The van der Waals surface area contributed by atoms with Crippen LogP contribution in [0.3, 0.4) is 0 Å². The molecule has 0 amide bonds.